The van der Waals surface area contributed by atoms with Crippen LogP contribution in [0.15, 0.2) is 22.8 Å². The molecular formula is C11H16BrN3. The first-order valence-electron chi connectivity index (χ1n) is 4.94. The lowest BCUT2D eigenvalue weighted by atomic mass is 9.91. The van der Waals surface area contributed by atoms with E-state index in [1.54, 1.807) is 0 Å². The van der Waals surface area contributed by atoms with Crippen LogP contribution in [0.5, 0.6) is 0 Å². The fraction of sp³-hybridized carbons (Fsp3) is 0.545. The van der Waals surface area contributed by atoms with Crippen LogP contribution in [0.3, 0.4) is 0 Å². The summed E-state index contributed by atoms with van der Waals surface area (Å²) in [5.41, 5.74) is 0. The van der Waals surface area contributed by atoms with E-state index in [4.69, 9.17) is 0 Å². The number of piperazine rings is 1. The number of hydrogen-bond donors (Lipinski definition) is 1. The van der Waals surface area contributed by atoms with Crippen LogP contribution in [0.2, 0.25) is 0 Å². The van der Waals surface area contributed by atoms with Crippen LogP contribution in [-0.4, -0.2) is 30.2 Å². The summed E-state index contributed by atoms with van der Waals surface area (Å²) in [6.45, 7) is 2.20. The Bertz CT molecular complexity index is 322. The summed E-state index contributed by atoms with van der Waals surface area (Å²) in [6, 6.07) is 5.52. The molecule has 4 heterocycles. The summed E-state index contributed by atoms with van der Waals surface area (Å²) < 4.78 is 1.04. The van der Waals surface area contributed by atoms with Crippen molar-refractivity contribution in [2.75, 3.05) is 18.0 Å². The Labute approximate surface area is 99.0 Å². The van der Waals surface area contributed by atoms with Crippen LogP contribution >= 0.6 is 15.9 Å². The SMILES string of the molecule is Brc1ccc(N2CC3CC(C2)N3)nc1.C. The minimum atomic E-state index is 0. The minimum absolute atomic E-state index is 0. The lowest BCUT2D eigenvalue weighted by molar-refractivity contribution is 0.225. The first-order chi connectivity index (χ1) is 6.81. The molecule has 15 heavy (non-hydrogen) atoms. The number of piperidine rings is 1. The van der Waals surface area contributed by atoms with Gasteiger partial charge in [0.2, 0.25) is 0 Å². The second-order valence-corrected chi connectivity index (χ2v) is 4.95. The second-order valence-electron chi connectivity index (χ2n) is 4.04. The van der Waals surface area contributed by atoms with Crippen LogP contribution < -0.4 is 10.2 Å². The van der Waals surface area contributed by atoms with Crippen molar-refractivity contribution in [3.8, 4) is 0 Å². The fourth-order valence-electron chi connectivity index (χ4n) is 2.26. The van der Waals surface area contributed by atoms with Gasteiger partial charge in [-0.05, 0) is 34.5 Å². The van der Waals surface area contributed by atoms with Crippen molar-refractivity contribution in [3.05, 3.63) is 22.8 Å². The fourth-order valence-corrected chi connectivity index (χ4v) is 2.49. The molecule has 82 valence electrons. The normalized spacial score (nSPS) is 27.9. The zero-order chi connectivity index (χ0) is 9.54. The van der Waals surface area contributed by atoms with Crippen molar-refractivity contribution in [1.29, 1.82) is 0 Å². The molecular weight excluding hydrogens is 254 g/mol. The van der Waals surface area contributed by atoms with Gasteiger partial charge in [0, 0.05) is 35.8 Å². The molecule has 0 aliphatic carbocycles. The van der Waals surface area contributed by atoms with Gasteiger partial charge in [-0.1, -0.05) is 7.43 Å². The van der Waals surface area contributed by atoms with Crippen molar-refractivity contribution in [2.45, 2.75) is 25.9 Å². The monoisotopic (exact) mass is 269 g/mol. The first-order valence-corrected chi connectivity index (χ1v) is 5.73. The predicted octanol–water partition coefficient (Wildman–Crippen LogP) is 2.03. The average Bonchev–Trinajstić information content (AvgIpc) is 2.18. The molecule has 1 aromatic heterocycles. The van der Waals surface area contributed by atoms with Gasteiger partial charge in [-0.3, -0.25) is 0 Å². The lowest BCUT2D eigenvalue weighted by Gasteiger charge is -2.48. The Kier molecular flexibility index (Phi) is 2.98. The zero-order valence-electron chi connectivity index (χ0n) is 7.78. The highest BCUT2D eigenvalue weighted by molar-refractivity contribution is 9.10. The molecule has 1 N–H and O–H groups in total. The number of anilines is 1. The smallest absolute Gasteiger partial charge is 0.128 e. The van der Waals surface area contributed by atoms with Gasteiger partial charge in [0.05, 0.1) is 0 Å². The first kappa shape index (κ1) is 10.9. The minimum Gasteiger partial charge on any atom is -0.353 e. The van der Waals surface area contributed by atoms with Crippen LogP contribution in [-0.2, 0) is 0 Å². The summed E-state index contributed by atoms with van der Waals surface area (Å²) in [5.74, 6) is 1.10. The number of halogens is 1. The third kappa shape index (κ3) is 2.01. The molecule has 3 aliphatic heterocycles. The Hall–Kier alpha value is -0.610. The van der Waals surface area contributed by atoms with Gasteiger partial charge < -0.3 is 10.2 Å². The van der Waals surface area contributed by atoms with E-state index in [9.17, 15) is 0 Å². The van der Waals surface area contributed by atoms with Gasteiger partial charge in [0.1, 0.15) is 5.82 Å². The molecule has 2 unspecified atom stereocenters. The van der Waals surface area contributed by atoms with Crippen molar-refractivity contribution in [3.63, 3.8) is 0 Å². The number of nitrogens with zero attached hydrogens (tertiary/aromatic N) is 2. The third-order valence-electron chi connectivity index (χ3n) is 2.96. The molecule has 2 atom stereocenters. The number of hydrogen-bond acceptors (Lipinski definition) is 3. The summed E-state index contributed by atoms with van der Waals surface area (Å²) in [7, 11) is 0. The van der Waals surface area contributed by atoms with Crippen molar-refractivity contribution in [2.24, 2.45) is 0 Å². The van der Waals surface area contributed by atoms with E-state index in [2.05, 4.69) is 43.3 Å². The molecule has 3 aliphatic rings. The topological polar surface area (TPSA) is 28.2 Å². The van der Waals surface area contributed by atoms with E-state index in [1.165, 1.54) is 6.42 Å². The molecule has 3 fully saturated rings. The number of fused-ring (bicyclic) bond motifs is 2. The summed E-state index contributed by atoms with van der Waals surface area (Å²) >= 11 is 3.40. The van der Waals surface area contributed by atoms with Gasteiger partial charge in [0.15, 0.2) is 0 Å². The molecule has 0 amide bonds. The maximum Gasteiger partial charge on any atom is 0.128 e. The molecule has 0 radical (unpaired) electrons. The molecule has 1 aromatic rings. The van der Waals surface area contributed by atoms with Crippen LogP contribution in [0, 0.1) is 0 Å². The Balaban J connectivity index is 0.000000853. The van der Waals surface area contributed by atoms with Crippen LogP contribution in [0.4, 0.5) is 5.82 Å². The number of nitrogens with one attached hydrogen (secondary N) is 1. The van der Waals surface area contributed by atoms with Gasteiger partial charge >= 0.3 is 0 Å². The highest BCUT2D eigenvalue weighted by Gasteiger charge is 2.36. The standard InChI is InChI=1S/C10H12BrN3.CH4/c11-7-1-2-10(12-4-7)14-5-8-3-9(6-14)13-8;/h1-2,4,8-9,13H,3,5-6H2;1H4. The molecule has 3 nitrogen and oxygen atoms in total. The molecule has 0 aromatic carbocycles. The van der Waals surface area contributed by atoms with Crippen LogP contribution in [0.25, 0.3) is 0 Å². The Morgan fingerprint density at radius 1 is 1.33 bits per heavy atom. The molecule has 4 heteroatoms. The molecule has 2 bridgehead atoms. The van der Waals surface area contributed by atoms with E-state index >= 15 is 0 Å². The molecule has 4 rings (SSSR count). The number of aromatic nitrogens is 1. The highest BCUT2D eigenvalue weighted by Crippen LogP contribution is 2.25. The van der Waals surface area contributed by atoms with Gasteiger partial charge in [-0.15, -0.1) is 0 Å². The van der Waals surface area contributed by atoms with E-state index in [0.29, 0.717) is 12.1 Å². The average molecular weight is 270 g/mol. The predicted molar refractivity (Wildman–Crippen MR) is 66.2 cm³/mol. The van der Waals surface area contributed by atoms with E-state index in [-0.39, 0.29) is 7.43 Å². The third-order valence-corrected chi connectivity index (χ3v) is 3.43. The zero-order valence-corrected chi connectivity index (χ0v) is 9.37. The molecule has 0 saturated carbocycles. The van der Waals surface area contributed by atoms with E-state index in [1.807, 2.05) is 6.20 Å². The maximum atomic E-state index is 4.41. The van der Waals surface area contributed by atoms with Crippen molar-refractivity contribution < 1.29 is 0 Å². The number of rotatable bonds is 1. The summed E-state index contributed by atoms with van der Waals surface area (Å²) in [5, 5.41) is 3.51. The highest BCUT2D eigenvalue weighted by atomic mass is 79.9. The van der Waals surface area contributed by atoms with Crippen molar-refractivity contribution in [1.82, 2.24) is 10.3 Å². The lowest BCUT2D eigenvalue weighted by Crippen LogP contribution is -2.67. The maximum absolute atomic E-state index is 4.41. The molecule has 0 spiro atoms. The Morgan fingerprint density at radius 3 is 2.53 bits per heavy atom. The second kappa shape index (κ2) is 4.10. The quantitative estimate of drug-likeness (QED) is 0.846. The van der Waals surface area contributed by atoms with Gasteiger partial charge in [-0.25, -0.2) is 4.98 Å². The summed E-state index contributed by atoms with van der Waals surface area (Å²) in [6.07, 6.45) is 3.20. The number of pyridine rings is 1. The van der Waals surface area contributed by atoms with Crippen molar-refractivity contribution >= 4 is 21.7 Å². The largest absolute Gasteiger partial charge is 0.353 e. The van der Waals surface area contributed by atoms with Gasteiger partial charge in [0.25, 0.3) is 0 Å². The van der Waals surface area contributed by atoms with Gasteiger partial charge in [-0.2, -0.15) is 0 Å². The summed E-state index contributed by atoms with van der Waals surface area (Å²) in [4.78, 5) is 6.77. The van der Waals surface area contributed by atoms with E-state index < -0.39 is 0 Å². The van der Waals surface area contributed by atoms with Crippen LogP contribution in [0.1, 0.15) is 13.8 Å². The van der Waals surface area contributed by atoms with E-state index in [0.717, 1.165) is 23.4 Å². The Morgan fingerprint density at radius 2 is 2.00 bits per heavy atom. The molecule has 3 saturated heterocycles.